The van der Waals surface area contributed by atoms with Crippen LogP contribution < -0.4 is 16.4 Å². The Labute approximate surface area is 233 Å². The first-order valence-electron chi connectivity index (χ1n) is 13.3. The zero-order chi connectivity index (χ0) is 26.5. The number of esters is 1. The summed E-state index contributed by atoms with van der Waals surface area (Å²) in [5.74, 6) is 0.700. The number of carbonyl (C=O) groups is 1. The van der Waals surface area contributed by atoms with E-state index in [1.54, 1.807) is 24.4 Å². The van der Waals surface area contributed by atoms with Crippen molar-refractivity contribution in [3.05, 3.63) is 69.8 Å². The van der Waals surface area contributed by atoms with Crippen molar-refractivity contribution in [2.75, 3.05) is 17.6 Å². The number of nitrogen functional groups attached to an aromatic ring is 1. The van der Waals surface area contributed by atoms with E-state index in [2.05, 4.69) is 27.8 Å². The Kier molecular flexibility index (Phi) is 8.36. The van der Waals surface area contributed by atoms with Gasteiger partial charge in [-0.05, 0) is 75.1 Å². The van der Waals surface area contributed by atoms with Crippen molar-refractivity contribution in [1.82, 2.24) is 15.3 Å². The quantitative estimate of drug-likeness (QED) is 0.257. The first-order chi connectivity index (χ1) is 18.4. The summed E-state index contributed by atoms with van der Waals surface area (Å²) in [6.07, 6.45) is 9.58. The lowest BCUT2D eigenvalue weighted by molar-refractivity contribution is -0.161. The largest absolute Gasteiger partial charge is 0.461 e. The topological polar surface area (TPSA) is 102 Å². The van der Waals surface area contributed by atoms with E-state index in [9.17, 15) is 4.79 Å². The summed E-state index contributed by atoms with van der Waals surface area (Å²) in [5, 5.41) is 7.88. The highest BCUT2D eigenvalue weighted by atomic mass is 35.5. The van der Waals surface area contributed by atoms with E-state index in [0.717, 1.165) is 68.1 Å². The number of aromatic nitrogens is 2. The van der Waals surface area contributed by atoms with Crippen LogP contribution in [0, 0.1) is 0 Å². The maximum absolute atomic E-state index is 12.9. The van der Waals surface area contributed by atoms with Crippen LogP contribution in [0.3, 0.4) is 0 Å². The molecule has 2 fully saturated rings. The Morgan fingerprint density at radius 2 is 1.82 bits per heavy atom. The number of hydrogen-bond acceptors (Lipinski definition) is 7. The molecule has 3 aromatic rings. The minimum absolute atomic E-state index is 0.0698. The molecule has 2 aliphatic rings. The van der Waals surface area contributed by atoms with Crippen LogP contribution in [0.25, 0.3) is 11.3 Å². The van der Waals surface area contributed by atoms with Gasteiger partial charge in [0.2, 0.25) is 0 Å². The Balaban J connectivity index is 1.21. The zero-order valence-electron chi connectivity index (χ0n) is 21.3. The summed E-state index contributed by atoms with van der Waals surface area (Å²) < 4.78 is 5.83. The second-order valence-corrected chi connectivity index (χ2v) is 11.0. The summed E-state index contributed by atoms with van der Waals surface area (Å²) in [5.41, 5.74) is 9.13. The molecular formula is C29H33Cl2N5O2. The number of nitrogens with one attached hydrogen (secondary N) is 2. The van der Waals surface area contributed by atoms with Gasteiger partial charge in [-0.1, -0.05) is 47.5 Å². The molecule has 0 saturated heterocycles. The smallest absolute Gasteiger partial charge is 0.326 e. The van der Waals surface area contributed by atoms with Gasteiger partial charge >= 0.3 is 5.97 Å². The molecule has 0 spiro atoms. The van der Waals surface area contributed by atoms with Crippen molar-refractivity contribution in [2.45, 2.75) is 69.6 Å². The molecule has 9 heteroatoms. The number of anilines is 2. The molecule has 38 heavy (non-hydrogen) atoms. The van der Waals surface area contributed by atoms with E-state index < -0.39 is 5.54 Å². The summed E-state index contributed by atoms with van der Waals surface area (Å²) in [7, 11) is 0. The lowest BCUT2D eigenvalue weighted by Gasteiger charge is -2.40. The lowest BCUT2D eigenvalue weighted by atomic mass is 9.76. The third-order valence-electron chi connectivity index (χ3n) is 7.57. The summed E-state index contributed by atoms with van der Waals surface area (Å²) in [6, 6.07) is 13.6. The fraction of sp³-hybridized carbons (Fsp3) is 0.414. The maximum atomic E-state index is 12.9. The van der Waals surface area contributed by atoms with Crippen molar-refractivity contribution in [3.8, 4) is 11.3 Å². The van der Waals surface area contributed by atoms with Crippen LogP contribution in [0.2, 0.25) is 10.0 Å². The fourth-order valence-corrected chi connectivity index (χ4v) is 5.66. The third kappa shape index (κ3) is 6.06. The van der Waals surface area contributed by atoms with E-state index in [0.29, 0.717) is 40.5 Å². The molecule has 4 N–H and O–H groups in total. The molecule has 0 unspecified atom stereocenters. The maximum Gasteiger partial charge on any atom is 0.326 e. The molecule has 2 aliphatic carbocycles. The predicted octanol–water partition coefficient (Wildman–Crippen LogP) is 6.19. The monoisotopic (exact) mass is 553 g/mol. The third-order valence-corrected chi connectivity index (χ3v) is 8.28. The van der Waals surface area contributed by atoms with Crippen molar-refractivity contribution < 1.29 is 9.53 Å². The molecule has 200 valence electrons. The van der Waals surface area contributed by atoms with Gasteiger partial charge in [0.15, 0.2) is 11.6 Å². The van der Waals surface area contributed by atoms with Crippen LogP contribution >= 0.6 is 23.2 Å². The van der Waals surface area contributed by atoms with Gasteiger partial charge in [0.1, 0.15) is 11.6 Å². The molecule has 0 atom stereocenters. The number of nitrogens with zero attached hydrogens (tertiary/aromatic N) is 2. The van der Waals surface area contributed by atoms with Gasteiger partial charge in [-0.3, -0.25) is 4.79 Å². The summed E-state index contributed by atoms with van der Waals surface area (Å²) >= 11 is 12.6. The molecule has 0 amide bonds. The second-order valence-electron chi connectivity index (χ2n) is 10.2. The molecule has 7 nitrogen and oxygen atoms in total. The van der Waals surface area contributed by atoms with Gasteiger partial charge in [-0.25, -0.2) is 9.97 Å². The van der Waals surface area contributed by atoms with Crippen molar-refractivity contribution in [2.24, 2.45) is 0 Å². The van der Waals surface area contributed by atoms with Gasteiger partial charge in [-0.15, -0.1) is 0 Å². The van der Waals surface area contributed by atoms with Gasteiger partial charge in [0.25, 0.3) is 0 Å². The van der Waals surface area contributed by atoms with Crippen LogP contribution in [-0.2, 0) is 22.5 Å². The van der Waals surface area contributed by atoms with Crippen LogP contribution in [0.15, 0.2) is 48.7 Å². The molecule has 2 aromatic carbocycles. The second kappa shape index (κ2) is 11.9. The number of ether oxygens (including phenoxy) is 1. The van der Waals surface area contributed by atoms with Gasteiger partial charge in [0, 0.05) is 34.3 Å². The van der Waals surface area contributed by atoms with E-state index in [1.807, 2.05) is 12.1 Å². The highest BCUT2D eigenvalue weighted by molar-refractivity contribution is 6.36. The van der Waals surface area contributed by atoms with Crippen LogP contribution in [0.5, 0.6) is 0 Å². The number of carbonyl (C=O) groups excluding carboxylic acids is 1. The first-order valence-corrected chi connectivity index (χ1v) is 14.0. The molecular weight excluding hydrogens is 521 g/mol. The fourth-order valence-electron chi connectivity index (χ4n) is 5.13. The Morgan fingerprint density at radius 1 is 1.08 bits per heavy atom. The standard InChI is InChI=1S/C29H33Cl2N5O2/c30-23-10-4-11-24(31)22(23)17-34-27-26(32)33-18-25(36-27)20-7-3-6-19(16-20)12-15-35-29(13-5-14-29)28(37)38-21-8-1-2-9-21/h3-4,6-7,10-11,16,18,21,35H,1-2,5,8-9,12-15,17H2,(H2,32,33)(H,34,36). The Morgan fingerprint density at radius 3 is 2.53 bits per heavy atom. The number of hydrogen-bond donors (Lipinski definition) is 3. The molecule has 0 aliphatic heterocycles. The van der Waals surface area contributed by atoms with Crippen molar-refractivity contribution in [3.63, 3.8) is 0 Å². The van der Waals surface area contributed by atoms with Crippen LogP contribution in [-0.4, -0.2) is 34.1 Å². The number of rotatable bonds is 10. The molecule has 0 radical (unpaired) electrons. The number of benzene rings is 2. The normalized spacial score (nSPS) is 16.7. The van der Waals surface area contributed by atoms with E-state index in [4.69, 9.17) is 38.7 Å². The minimum atomic E-state index is -0.520. The van der Waals surface area contributed by atoms with Crippen molar-refractivity contribution >= 4 is 40.8 Å². The average Bonchev–Trinajstić information content (AvgIpc) is 3.39. The molecule has 5 rings (SSSR count). The van der Waals surface area contributed by atoms with Gasteiger partial charge in [0.05, 0.1) is 11.9 Å². The van der Waals surface area contributed by atoms with Gasteiger partial charge < -0.3 is 21.1 Å². The van der Waals surface area contributed by atoms with Crippen LogP contribution in [0.1, 0.15) is 56.1 Å². The lowest BCUT2D eigenvalue weighted by Crippen LogP contribution is -2.58. The van der Waals surface area contributed by atoms with E-state index >= 15 is 0 Å². The van der Waals surface area contributed by atoms with E-state index in [1.165, 1.54) is 0 Å². The zero-order valence-corrected chi connectivity index (χ0v) is 22.8. The first kappa shape index (κ1) is 26.7. The Bertz CT molecular complexity index is 1270. The molecule has 2 saturated carbocycles. The number of nitrogens with two attached hydrogens (primary N) is 1. The van der Waals surface area contributed by atoms with E-state index in [-0.39, 0.29) is 12.1 Å². The predicted molar refractivity (Wildman–Crippen MR) is 152 cm³/mol. The summed E-state index contributed by atoms with van der Waals surface area (Å²) in [4.78, 5) is 21.9. The van der Waals surface area contributed by atoms with Crippen molar-refractivity contribution in [1.29, 1.82) is 0 Å². The highest BCUT2D eigenvalue weighted by Gasteiger charge is 2.46. The SMILES string of the molecule is Nc1ncc(-c2cccc(CCNC3(C(=O)OC4CCCC4)CCC3)c2)nc1NCc1c(Cl)cccc1Cl. The summed E-state index contributed by atoms with van der Waals surface area (Å²) in [6.45, 7) is 1.07. The molecule has 1 heterocycles. The molecule has 0 bridgehead atoms. The average molecular weight is 555 g/mol. The van der Waals surface area contributed by atoms with Crippen LogP contribution in [0.4, 0.5) is 11.6 Å². The Hall–Kier alpha value is -2.87. The molecule has 1 aromatic heterocycles. The minimum Gasteiger partial charge on any atom is -0.461 e. The highest BCUT2D eigenvalue weighted by Crippen LogP contribution is 2.35. The number of halogens is 2. The van der Waals surface area contributed by atoms with Gasteiger partial charge in [-0.2, -0.15) is 0 Å².